The van der Waals surface area contributed by atoms with Crippen molar-refractivity contribution in [3.8, 4) is 0 Å². The summed E-state index contributed by atoms with van der Waals surface area (Å²) in [5.41, 5.74) is -0.0846. The van der Waals surface area contributed by atoms with Gasteiger partial charge >= 0.3 is 12.1 Å². The Hall–Kier alpha value is -2.04. The number of hydrogen-bond donors (Lipinski definition) is 0. The number of hydrogen-bond acceptors (Lipinski definition) is 4. The first kappa shape index (κ1) is 17.0. The van der Waals surface area contributed by atoms with Crippen molar-refractivity contribution >= 4 is 12.1 Å². The normalized spacial score (nSPS) is 10.9. The van der Waals surface area contributed by atoms with Crippen molar-refractivity contribution in [3.05, 3.63) is 35.9 Å². The number of esters is 1. The van der Waals surface area contributed by atoms with E-state index in [1.807, 2.05) is 44.2 Å². The number of ether oxygens (including phenoxy) is 2. The SMILES string of the molecule is CCC(CC)(C(=O)OC)N(C)C(=O)OCc1ccccc1. The molecule has 0 N–H and O–H groups in total. The van der Waals surface area contributed by atoms with Gasteiger partial charge in [-0.15, -0.1) is 0 Å². The number of carbonyl (C=O) groups excluding carboxylic acids is 2. The maximum Gasteiger partial charge on any atom is 0.410 e. The largest absolute Gasteiger partial charge is 0.467 e. The van der Waals surface area contributed by atoms with Crippen LogP contribution >= 0.6 is 0 Å². The monoisotopic (exact) mass is 293 g/mol. The lowest BCUT2D eigenvalue weighted by molar-refractivity contribution is -0.154. The van der Waals surface area contributed by atoms with Crippen LogP contribution in [-0.2, 0) is 20.9 Å². The smallest absolute Gasteiger partial charge is 0.410 e. The van der Waals surface area contributed by atoms with Crippen molar-refractivity contribution in [2.24, 2.45) is 0 Å². The lowest BCUT2D eigenvalue weighted by atomic mass is 9.91. The highest BCUT2D eigenvalue weighted by Gasteiger charge is 2.43. The molecule has 0 aliphatic carbocycles. The average Bonchev–Trinajstić information content (AvgIpc) is 2.54. The molecule has 0 saturated heterocycles. The Morgan fingerprint density at radius 2 is 1.71 bits per heavy atom. The standard InChI is InChI=1S/C16H23NO4/c1-5-16(6-2,14(18)20-4)17(3)15(19)21-12-13-10-8-7-9-11-13/h7-11H,5-6,12H2,1-4H3. The second kappa shape index (κ2) is 7.67. The van der Waals surface area contributed by atoms with Crippen molar-refractivity contribution in [3.63, 3.8) is 0 Å². The molecule has 1 rings (SSSR count). The zero-order valence-corrected chi connectivity index (χ0v) is 13.1. The Balaban J connectivity index is 2.77. The zero-order valence-electron chi connectivity index (χ0n) is 13.1. The fraction of sp³-hybridized carbons (Fsp3) is 0.500. The van der Waals surface area contributed by atoms with E-state index in [2.05, 4.69) is 0 Å². The molecule has 1 amide bonds. The van der Waals surface area contributed by atoms with Gasteiger partial charge in [0.05, 0.1) is 7.11 Å². The van der Waals surface area contributed by atoms with E-state index in [1.165, 1.54) is 12.0 Å². The quantitative estimate of drug-likeness (QED) is 0.757. The number of likely N-dealkylation sites (N-methyl/N-ethyl adjacent to an activating group) is 1. The van der Waals surface area contributed by atoms with Crippen LogP contribution in [-0.4, -0.2) is 36.7 Å². The fourth-order valence-electron chi connectivity index (χ4n) is 2.33. The summed E-state index contributed by atoms with van der Waals surface area (Å²) in [5.74, 6) is -0.424. The molecule has 0 aliphatic heterocycles. The third-order valence-corrected chi connectivity index (χ3v) is 3.86. The second-order valence-electron chi connectivity index (χ2n) is 4.83. The molecule has 0 unspecified atom stereocenters. The van der Waals surface area contributed by atoms with E-state index in [0.29, 0.717) is 12.8 Å². The van der Waals surface area contributed by atoms with Gasteiger partial charge in [-0.1, -0.05) is 44.2 Å². The van der Waals surface area contributed by atoms with Gasteiger partial charge in [0, 0.05) is 7.05 Å². The molecule has 0 atom stereocenters. The van der Waals surface area contributed by atoms with Crippen LogP contribution in [0.1, 0.15) is 32.3 Å². The van der Waals surface area contributed by atoms with Gasteiger partial charge in [0.25, 0.3) is 0 Å². The fourth-order valence-corrected chi connectivity index (χ4v) is 2.33. The lowest BCUT2D eigenvalue weighted by Crippen LogP contribution is -2.55. The number of methoxy groups -OCH3 is 1. The van der Waals surface area contributed by atoms with E-state index in [1.54, 1.807) is 7.05 Å². The Bertz CT molecular complexity index is 468. The van der Waals surface area contributed by atoms with Crippen LogP contribution in [0.4, 0.5) is 4.79 Å². The zero-order chi connectivity index (χ0) is 15.9. The van der Waals surface area contributed by atoms with Crippen molar-refractivity contribution in [2.75, 3.05) is 14.2 Å². The lowest BCUT2D eigenvalue weighted by Gasteiger charge is -2.37. The average molecular weight is 293 g/mol. The highest BCUT2D eigenvalue weighted by molar-refractivity contribution is 5.85. The van der Waals surface area contributed by atoms with Crippen LogP contribution in [0.2, 0.25) is 0 Å². The molecule has 0 spiro atoms. The van der Waals surface area contributed by atoms with Crippen LogP contribution in [0, 0.1) is 0 Å². The van der Waals surface area contributed by atoms with Gasteiger partial charge in [0.1, 0.15) is 12.1 Å². The molecular weight excluding hydrogens is 270 g/mol. The number of rotatable bonds is 6. The maximum absolute atomic E-state index is 12.2. The summed E-state index contributed by atoms with van der Waals surface area (Å²) in [4.78, 5) is 25.6. The van der Waals surface area contributed by atoms with Gasteiger partial charge < -0.3 is 9.47 Å². The molecule has 0 saturated carbocycles. The van der Waals surface area contributed by atoms with Crippen molar-refractivity contribution in [1.82, 2.24) is 4.90 Å². The molecule has 0 radical (unpaired) electrons. The molecule has 0 aromatic heterocycles. The third-order valence-electron chi connectivity index (χ3n) is 3.86. The summed E-state index contributed by atoms with van der Waals surface area (Å²) >= 11 is 0. The van der Waals surface area contributed by atoms with Crippen LogP contribution in [0.3, 0.4) is 0 Å². The van der Waals surface area contributed by atoms with E-state index < -0.39 is 17.6 Å². The minimum absolute atomic E-state index is 0.175. The predicted molar refractivity (Wildman–Crippen MR) is 79.7 cm³/mol. The Kier molecular flexibility index (Phi) is 6.21. The summed E-state index contributed by atoms with van der Waals surface area (Å²) in [5, 5.41) is 0. The molecule has 0 heterocycles. The van der Waals surface area contributed by atoms with Crippen LogP contribution in [0.15, 0.2) is 30.3 Å². The van der Waals surface area contributed by atoms with Crippen molar-refractivity contribution < 1.29 is 19.1 Å². The minimum atomic E-state index is -0.984. The first-order valence-electron chi connectivity index (χ1n) is 7.04. The van der Waals surface area contributed by atoms with E-state index in [-0.39, 0.29) is 6.61 Å². The van der Waals surface area contributed by atoms with Gasteiger partial charge in [-0.2, -0.15) is 0 Å². The van der Waals surface area contributed by atoms with Crippen molar-refractivity contribution in [1.29, 1.82) is 0 Å². The molecular formula is C16H23NO4. The molecule has 1 aromatic carbocycles. The minimum Gasteiger partial charge on any atom is -0.467 e. The van der Waals surface area contributed by atoms with Gasteiger partial charge in [-0.25, -0.2) is 9.59 Å². The molecule has 5 heteroatoms. The topological polar surface area (TPSA) is 55.8 Å². The maximum atomic E-state index is 12.2. The second-order valence-corrected chi connectivity index (χ2v) is 4.83. The number of nitrogens with zero attached hydrogens (tertiary/aromatic N) is 1. The van der Waals surface area contributed by atoms with Gasteiger partial charge in [-0.05, 0) is 18.4 Å². The molecule has 1 aromatic rings. The predicted octanol–water partition coefficient (Wildman–Crippen LogP) is 2.99. The van der Waals surface area contributed by atoms with E-state index in [9.17, 15) is 9.59 Å². The number of carbonyl (C=O) groups is 2. The first-order valence-corrected chi connectivity index (χ1v) is 7.04. The highest BCUT2D eigenvalue weighted by Crippen LogP contribution is 2.25. The van der Waals surface area contributed by atoms with Crippen molar-refractivity contribution in [2.45, 2.75) is 38.8 Å². The van der Waals surface area contributed by atoms with Gasteiger partial charge in [-0.3, -0.25) is 4.90 Å². The Morgan fingerprint density at radius 3 is 2.19 bits per heavy atom. The number of benzene rings is 1. The number of amides is 1. The van der Waals surface area contributed by atoms with Gasteiger partial charge in [0.2, 0.25) is 0 Å². The Morgan fingerprint density at radius 1 is 1.14 bits per heavy atom. The van der Waals surface area contributed by atoms with Crippen LogP contribution in [0.25, 0.3) is 0 Å². The van der Waals surface area contributed by atoms with Gasteiger partial charge in [0.15, 0.2) is 0 Å². The van der Waals surface area contributed by atoms with Crippen LogP contribution in [0.5, 0.6) is 0 Å². The Labute approximate surface area is 125 Å². The molecule has 0 fully saturated rings. The first-order chi connectivity index (χ1) is 10.0. The highest BCUT2D eigenvalue weighted by atomic mass is 16.6. The van der Waals surface area contributed by atoms with E-state index in [4.69, 9.17) is 9.47 Å². The summed E-state index contributed by atoms with van der Waals surface area (Å²) < 4.78 is 10.1. The summed E-state index contributed by atoms with van der Waals surface area (Å²) in [6.45, 7) is 3.87. The molecule has 0 bridgehead atoms. The van der Waals surface area contributed by atoms with E-state index >= 15 is 0 Å². The summed E-state index contributed by atoms with van der Waals surface area (Å²) in [6, 6.07) is 9.41. The summed E-state index contributed by atoms with van der Waals surface area (Å²) in [7, 11) is 2.89. The molecule has 116 valence electrons. The molecule has 21 heavy (non-hydrogen) atoms. The van der Waals surface area contributed by atoms with E-state index in [0.717, 1.165) is 5.56 Å². The molecule has 5 nitrogen and oxygen atoms in total. The summed E-state index contributed by atoms with van der Waals surface area (Å²) in [6.07, 6.45) is 0.396. The van der Waals surface area contributed by atoms with Crippen LogP contribution < -0.4 is 0 Å². The molecule has 0 aliphatic rings. The third kappa shape index (κ3) is 3.74.